The molecule has 1 rings (SSSR count). The summed E-state index contributed by atoms with van der Waals surface area (Å²) in [6.07, 6.45) is 3.61. The highest BCUT2D eigenvalue weighted by Crippen LogP contribution is 2.33. The average Bonchev–Trinajstić information content (AvgIpc) is 2.32. The van der Waals surface area contributed by atoms with E-state index in [1.807, 2.05) is 0 Å². The van der Waals surface area contributed by atoms with Gasteiger partial charge in [0.15, 0.2) is 0 Å². The molecule has 1 aliphatic rings. The third-order valence-corrected chi connectivity index (χ3v) is 3.96. The van der Waals surface area contributed by atoms with Gasteiger partial charge in [-0.1, -0.05) is 20.3 Å². The van der Waals surface area contributed by atoms with Gasteiger partial charge in [0, 0.05) is 6.54 Å². The number of esters is 1. The standard InChI is InChI=1S/C13H26N2O2/c1-4-13(3)6-8-15(9-7-13)10-11(14)12(16)17-5-2/h11H,4-10,14H2,1-3H3. The first-order valence-electron chi connectivity index (χ1n) is 6.65. The summed E-state index contributed by atoms with van der Waals surface area (Å²) in [6.45, 7) is 9.50. The number of nitrogens with zero attached hydrogens (tertiary/aromatic N) is 1. The maximum atomic E-state index is 11.4. The lowest BCUT2D eigenvalue weighted by atomic mass is 9.78. The third-order valence-electron chi connectivity index (χ3n) is 3.96. The van der Waals surface area contributed by atoms with E-state index in [2.05, 4.69) is 18.7 Å². The zero-order valence-corrected chi connectivity index (χ0v) is 11.4. The molecule has 0 saturated carbocycles. The van der Waals surface area contributed by atoms with Crippen LogP contribution < -0.4 is 5.73 Å². The highest BCUT2D eigenvalue weighted by Gasteiger charge is 2.29. The van der Waals surface area contributed by atoms with E-state index >= 15 is 0 Å². The molecule has 1 aliphatic heterocycles. The van der Waals surface area contributed by atoms with Crippen LogP contribution in [0.3, 0.4) is 0 Å². The van der Waals surface area contributed by atoms with Crippen molar-refractivity contribution in [3.8, 4) is 0 Å². The van der Waals surface area contributed by atoms with Gasteiger partial charge in [0.2, 0.25) is 0 Å². The molecule has 100 valence electrons. The molecule has 2 N–H and O–H groups in total. The molecule has 0 bridgehead atoms. The van der Waals surface area contributed by atoms with E-state index in [-0.39, 0.29) is 5.97 Å². The minimum Gasteiger partial charge on any atom is -0.465 e. The fourth-order valence-corrected chi connectivity index (χ4v) is 2.23. The molecule has 1 unspecified atom stereocenters. The fourth-order valence-electron chi connectivity index (χ4n) is 2.23. The van der Waals surface area contributed by atoms with Gasteiger partial charge < -0.3 is 15.4 Å². The molecule has 4 heteroatoms. The van der Waals surface area contributed by atoms with Crippen LogP contribution >= 0.6 is 0 Å². The van der Waals surface area contributed by atoms with E-state index in [9.17, 15) is 4.79 Å². The van der Waals surface area contributed by atoms with Gasteiger partial charge in [-0.05, 0) is 38.3 Å². The van der Waals surface area contributed by atoms with Crippen molar-refractivity contribution in [3.63, 3.8) is 0 Å². The van der Waals surface area contributed by atoms with Gasteiger partial charge in [-0.2, -0.15) is 0 Å². The normalized spacial score (nSPS) is 22.1. The van der Waals surface area contributed by atoms with Crippen molar-refractivity contribution in [1.29, 1.82) is 0 Å². The van der Waals surface area contributed by atoms with Gasteiger partial charge in [0.25, 0.3) is 0 Å². The van der Waals surface area contributed by atoms with Crippen LogP contribution in [-0.2, 0) is 9.53 Å². The fraction of sp³-hybridized carbons (Fsp3) is 0.923. The van der Waals surface area contributed by atoms with Crippen molar-refractivity contribution in [2.75, 3.05) is 26.2 Å². The number of rotatable bonds is 5. The second-order valence-corrected chi connectivity index (χ2v) is 5.32. The molecule has 17 heavy (non-hydrogen) atoms. The van der Waals surface area contributed by atoms with Crippen LogP contribution in [0.5, 0.6) is 0 Å². The molecule has 0 aromatic carbocycles. The largest absolute Gasteiger partial charge is 0.465 e. The molecule has 0 aliphatic carbocycles. The molecule has 1 saturated heterocycles. The number of carbonyl (C=O) groups is 1. The molecule has 0 spiro atoms. The highest BCUT2D eigenvalue weighted by molar-refractivity contribution is 5.75. The Morgan fingerprint density at radius 1 is 1.41 bits per heavy atom. The Morgan fingerprint density at radius 3 is 2.47 bits per heavy atom. The smallest absolute Gasteiger partial charge is 0.324 e. The number of hydrogen-bond acceptors (Lipinski definition) is 4. The Balaban J connectivity index is 2.33. The summed E-state index contributed by atoms with van der Waals surface area (Å²) in [4.78, 5) is 13.7. The molecule has 4 nitrogen and oxygen atoms in total. The molecular weight excluding hydrogens is 216 g/mol. The van der Waals surface area contributed by atoms with Crippen LogP contribution in [0.25, 0.3) is 0 Å². The summed E-state index contributed by atoms with van der Waals surface area (Å²) in [5, 5.41) is 0. The quantitative estimate of drug-likeness (QED) is 0.740. The van der Waals surface area contributed by atoms with Crippen molar-refractivity contribution in [3.05, 3.63) is 0 Å². The maximum Gasteiger partial charge on any atom is 0.324 e. The molecule has 0 amide bonds. The lowest BCUT2D eigenvalue weighted by Gasteiger charge is -2.39. The van der Waals surface area contributed by atoms with Gasteiger partial charge in [-0.15, -0.1) is 0 Å². The monoisotopic (exact) mass is 242 g/mol. The van der Waals surface area contributed by atoms with E-state index in [4.69, 9.17) is 10.5 Å². The average molecular weight is 242 g/mol. The van der Waals surface area contributed by atoms with Crippen LogP contribution in [0.2, 0.25) is 0 Å². The SMILES string of the molecule is CCOC(=O)C(N)CN1CCC(C)(CC)CC1. The zero-order chi connectivity index (χ0) is 12.9. The van der Waals surface area contributed by atoms with E-state index < -0.39 is 6.04 Å². The van der Waals surface area contributed by atoms with Gasteiger partial charge in [-0.25, -0.2) is 0 Å². The zero-order valence-electron chi connectivity index (χ0n) is 11.4. The van der Waals surface area contributed by atoms with Crippen LogP contribution in [-0.4, -0.2) is 43.2 Å². The molecule has 0 aromatic rings. The molecule has 1 heterocycles. The number of hydrogen-bond donors (Lipinski definition) is 1. The second kappa shape index (κ2) is 6.36. The summed E-state index contributed by atoms with van der Waals surface area (Å²) < 4.78 is 4.92. The number of ether oxygens (including phenoxy) is 1. The number of likely N-dealkylation sites (tertiary alicyclic amines) is 1. The van der Waals surface area contributed by atoms with E-state index in [0.29, 0.717) is 18.6 Å². The minimum atomic E-state index is -0.499. The minimum absolute atomic E-state index is 0.281. The first kappa shape index (κ1) is 14.5. The third kappa shape index (κ3) is 4.28. The summed E-state index contributed by atoms with van der Waals surface area (Å²) in [5.41, 5.74) is 6.29. The van der Waals surface area contributed by atoms with Gasteiger partial charge >= 0.3 is 5.97 Å². The summed E-state index contributed by atoms with van der Waals surface area (Å²) in [6, 6.07) is -0.499. The number of carbonyl (C=O) groups excluding carboxylic acids is 1. The molecule has 1 atom stereocenters. The topological polar surface area (TPSA) is 55.6 Å². The predicted molar refractivity (Wildman–Crippen MR) is 68.7 cm³/mol. The molecule has 0 aromatic heterocycles. The van der Waals surface area contributed by atoms with Crippen LogP contribution in [0.1, 0.15) is 40.0 Å². The van der Waals surface area contributed by atoms with Crippen molar-refractivity contribution in [2.24, 2.45) is 11.1 Å². The maximum absolute atomic E-state index is 11.4. The predicted octanol–water partition coefficient (Wildman–Crippen LogP) is 1.39. The van der Waals surface area contributed by atoms with Crippen molar-refractivity contribution in [2.45, 2.75) is 46.1 Å². The second-order valence-electron chi connectivity index (χ2n) is 5.32. The van der Waals surface area contributed by atoms with Crippen molar-refractivity contribution in [1.82, 2.24) is 4.90 Å². The van der Waals surface area contributed by atoms with Gasteiger partial charge in [-0.3, -0.25) is 4.79 Å². The van der Waals surface area contributed by atoms with Crippen molar-refractivity contribution < 1.29 is 9.53 Å². The number of nitrogens with two attached hydrogens (primary N) is 1. The van der Waals surface area contributed by atoms with E-state index in [0.717, 1.165) is 13.1 Å². The summed E-state index contributed by atoms with van der Waals surface area (Å²) >= 11 is 0. The Kier molecular flexibility index (Phi) is 5.40. The van der Waals surface area contributed by atoms with E-state index in [1.165, 1.54) is 19.3 Å². The number of piperidine rings is 1. The van der Waals surface area contributed by atoms with Crippen LogP contribution in [0, 0.1) is 5.41 Å². The first-order chi connectivity index (χ1) is 8.00. The molecular formula is C13H26N2O2. The first-order valence-corrected chi connectivity index (χ1v) is 6.65. The lowest BCUT2D eigenvalue weighted by Crippen LogP contribution is -2.47. The lowest BCUT2D eigenvalue weighted by molar-refractivity contribution is -0.145. The summed E-state index contributed by atoms with van der Waals surface area (Å²) in [5.74, 6) is -0.281. The van der Waals surface area contributed by atoms with Crippen LogP contribution in [0.4, 0.5) is 0 Å². The molecule has 0 radical (unpaired) electrons. The Morgan fingerprint density at radius 2 is 2.00 bits per heavy atom. The Labute approximate surface area is 104 Å². The van der Waals surface area contributed by atoms with E-state index in [1.54, 1.807) is 6.92 Å². The van der Waals surface area contributed by atoms with Gasteiger partial charge in [0.1, 0.15) is 6.04 Å². The van der Waals surface area contributed by atoms with Crippen molar-refractivity contribution >= 4 is 5.97 Å². The molecule has 1 fully saturated rings. The summed E-state index contributed by atoms with van der Waals surface area (Å²) in [7, 11) is 0. The highest BCUT2D eigenvalue weighted by atomic mass is 16.5. The van der Waals surface area contributed by atoms with Crippen LogP contribution in [0.15, 0.2) is 0 Å². The Bertz CT molecular complexity index is 248. The Hall–Kier alpha value is -0.610. The van der Waals surface area contributed by atoms with Gasteiger partial charge in [0.05, 0.1) is 6.61 Å².